The maximum Gasteiger partial charge on any atom is 0.361 e. The van der Waals surface area contributed by atoms with Gasteiger partial charge in [0, 0.05) is 12.8 Å². The number of rotatable bonds is 12. The Kier molecular flexibility index (Phi) is 9.19. The summed E-state index contributed by atoms with van der Waals surface area (Å²) in [4.78, 5) is 61.5. The highest BCUT2D eigenvalue weighted by Crippen LogP contribution is 2.25. The summed E-state index contributed by atoms with van der Waals surface area (Å²) >= 11 is 0. The average molecular weight is 454 g/mol. The number of aliphatic hydroxyl groups excluding tert-OH is 1. The van der Waals surface area contributed by atoms with Crippen molar-refractivity contribution in [3.05, 3.63) is 33.9 Å². The number of hydroxylamine groups is 2. The first kappa shape index (κ1) is 24.8. The van der Waals surface area contributed by atoms with E-state index < -0.39 is 41.4 Å². The molecular weight excluding hydrogens is 432 g/mol. The van der Waals surface area contributed by atoms with E-state index >= 15 is 0 Å². The number of ether oxygens (including phenoxy) is 3. The second kappa shape index (κ2) is 11.8. The molecule has 1 saturated heterocycles. The molecule has 2 amide bonds. The van der Waals surface area contributed by atoms with Crippen LogP contribution in [-0.2, 0) is 40.1 Å². The Morgan fingerprint density at radius 3 is 2.50 bits per heavy atom. The van der Waals surface area contributed by atoms with Gasteiger partial charge in [-0.3, -0.25) is 24.5 Å². The molecule has 13 heteroatoms. The number of nitrogens with zero attached hydrogens (tertiary/aromatic N) is 2. The van der Waals surface area contributed by atoms with E-state index in [4.69, 9.17) is 24.2 Å². The lowest BCUT2D eigenvalue weighted by molar-refractivity contribution is -0.385. The van der Waals surface area contributed by atoms with E-state index in [1.165, 1.54) is 19.1 Å². The van der Waals surface area contributed by atoms with E-state index in [1.807, 2.05) is 0 Å². The van der Waals surface area contributed by atoms with E-state index in [0.717, 1.165) is 6.07 Å². The first-order chi connectivity index (χ1) is 15.2. The molecule has 1 fully saturated rings. The Balaban J connectivity index is 1.63. The van der Waals surface area contributed by atoms with Gasteiger partial charge in [0.2, 0.25) is 0 Å². The number of carbonyl (C=O) groups excluding carboxylic acids is 4. The molecular formula is C19H22N2O11. The summed E-state index contributed by atoms with van der Waals surface area (Å²) in [7, 11) is 0. The summed E-state index contributed by atoms with van der Waals surface area (Å²) in [6, 6.07) is 3.66. The number of hydrogen-bond acceptors (Lipinski definition) is 11. The van der Waals surface area contributed by atoms with Gasteiger partial charge in [-0.05, 0) is 19.1 Å². The molecule has 1 atom stereocenters. The molecule has 1 aliphatic rings. The average Bonchev–Trinajstić information content (AvgIpc) is 3.07. The molecule has 0 bridgehead atoms. The van der Waals surface area contributed by atoms with Crippen LogP contribution in [0.2, 0.25) is 0 Å². The predicted octanol–water partition coefficient (Wildman–Crippen LogP) is 0.411. The zero-order valence-electron chi connectivity index (χ0n) is 17.2. The molecule has 32 heavy (non-hydrogen) atoms. The summed E-state index contributed by atoms with van der Waals surface area (Å²) in [6.07, 6.45) is -1.22. The molecule has 1 aliphatic heterocycles. The number of nitro groups is 1. The maximum absolute atomic E-state index is 11.8. The molecule has 174 valence electrons. The molecule has 0 aliphatic carbocycles. The zero-order valence-corrected chi connectivity index (χ0v) is 17.2. The minimum Gasteiger partial charge on any atom is -0.426 e. The minimum absolute atomic E-state index is 0.0114. The van der Waals surface area contributed by atoms with E-state index in [-0.39, 0.29) is 56.1 Å². The number of benzene rings is 1. The van der Waals surface area contributed by atoms with Crippen molar-refractivity contribution >= 4 is 29.4 Å². The van der Waals surface area contributed by atoms with Gasteiger partial charge in [0.05, 0.1) is 49.4 Å². The monoisotopic (exact) mass is 454 g/mol. The number of imide groups is 1. The van der Waals surface area contributed by atoms with Crippen LogP contribution in [-0.4, -0.2) is 64.8 Å². The van der Waals surface area contributed by atoms with Crippen molar-refractivity contribution in [2.45, 2.75) is 38.9 Å². The van der Waals surface area contributed by atoms with Gasteiger partial charge >= 0.3 is 11.9 Å². The Morgan fingerprint density at radius 1 is 1.19 bits per heavy atom. The molecule has 1 aromatic rings. The summed E-state index contributed by atoms with van der Waals surface area (Å²) < 4.78 is 15.4. The number of amides is 2. The van der Waals surface area contributed by atoms with Gasteiger partial charge in [-0.2, -0.15) is 0 Å². The van der Waals surface area contributed by atoms with Crippen LogP contribution < -0.4 is 4.74 Å². The first-order valence-electron chi connectivity index (χ1n) is 9.58. The molecule has 0 saturated carbocycles. The fraction of sp³-hybridized carbons (Fsp3) is 0.474. The topological polar surface area (TPSA) is 172 Å². The Hall–Kier alpha value is -3.42. The summed E-state index contributed by atoms with van der Waals surface area (Å²) in [5.74, 6) is -2.81. The lowest BCUT2D eigenvalue weighted by atomic mass is 10.2. The lowest BCUT2D eigenvalue weighted by Crippen LogP contribution is -2.36. The number of aliphatic hydroxyl groups is 1. The molecule has 2 rings (SSSR count). The molecule has 1 heterocycles. The van der Waals surface area contributed by atoms with Crippen molar-refractivity contribution in [3.63, 3.8) is 0 Å². The highest BCUT2D eigenvalue weighted by atomic mass is 16.7. The highest BCUT2D eigenvalue weighted by molar-refractivity contribution is 6.01. The van der Waals surface area contributed by atoms with Gasteiger partial charge in [0.25, 0.3) is 17.5 Å². The normalized spacial score (nSPS) is 14.4. The third-order valence-electron chi connectivity index (χ3n) is 4.22. The third-order valence-corrected chi connectivity index (χ3v) is 4.22. The third kappa shape index (κ3) is 7.08. The Bertz CT molecular complexity index is 870. The van der Waals surface area contributed by atoms with Crippen LogP contribution in [0.3, 0.4) is 0 Å². The minimum atomic E-state index is -1.05. The van der Waals surface area contributed by atoms with E-state index in [1.54, 1.807) is 0 Å². The van der Waals surface area contributed by atoms with Crippen molar-refractivity contribution in [2.75, 3.05) is 19.8 Å². The largest absolute Gasteiger partial charge is 0.426 e. The molecule has 0 radical (unpaired) electrons. The van der Waals surface area contributed by atoms with Crippen molar-refractivity contribution in [1.82, 2.24) is 5.06 Å². The van der Waals surface area contributed by atoms with Crippen LogP contribution in [0.4, 0.5) is 5.69 Å². The highest BCUT2D eigenvalue weighted by Gasteiger charge is 2.34. The molecule has 0 spiro atoms. The van der Waals surface area contributed by atoms with Crippen molar-refractivity contribution < 1.29 is 48.3 Å². The van der Waals surface area contributed by atoms with Gasteiger partial charge in [-0.1, -0.05) is 0 Å². The van der Waals surface area contributed by atoms with Gasteiger partial charge in [0.15, 0.2) is 6.10 Å². The maximum atomic E-state index is 11.8. The summed E-state index contributed by atoms with van der Waals surface area (Å²) in [6.45, 7) is 0.830. The second-order valence-corrected chi connectivity index (χ2v) is 6.55. The van der Waals surface area contributed by atoms with Crippen LogP contribution in [0.15, 0.2) is 18.2 Å². The Labute approximate surface area is 181 Å². The van der Waals surface area contributed by atoms with E-state index in [9.17, 15) is 29.3 Å². The van der Waals surface area contributed by atoms with Crippen molar-refractivity contribution in [3.8, 4) is 5.75 Å². The van der Waals surface area contributed by atoms with Gasteiger partial charge in [-0.15, -0.1) is 5.06 Å². The number of hydrogen-bond donors (Lipinski definition) is 1. The smallest absolute Gasteiger partial charge is 0.361 e. The molecule has 1 unspecified atom stereocenters. The molecule has 13 nitrogen and oxygen atoms in total. The van der Waals surface area contributed by atoms with E-state index in [2.05, 4.69) is 0 Å². The molecule has 1 N–H and O–H groups in total. The number of carbonyl (C=O) groups is 4. The lowest BCUT2D eigenvalue weighted by Gasteiger charge is -2.16. The predicted molar refractivity (Wildman–Crippen MR) is 103 cm³/mol. The second-order valence-electron chi connectivity index (χ2n) is 6.55. The fourth-order valence-corrected chi connectivity index (χ4v) is 2.52. The molecule has 0 aromatic heterocycles. The number of nitro benzene ring substituents is 1. The van der Waals surface area contributed by atoms with Gasteiger partial charge < -0.3 is 24.2 Å². The quantitative estimate of drug-likeness (QED) is 0.116. The van der Waals surface area contributed by atoms with Gasteiger partial charge in [-0.25, -0.2) is 4.79 Å². The van der Waals surface area contributed by atoms with Crippen LogP contribution in [0.25, 0.3) is 0 Å². The van der Waals surface area contributed by atoms with Crippen molar-refractivity contribution in [1.29, 1.82) is 0 Å². The standard InChI is InChI=1S/C19H22N2O11/c1-12(19(26)32-20-16(23)4-5-17(20)24)30-9-8-29-7-6-18(25)31-14-3-2-13(11-22)15(10-14)21(27)28/h2-3,10,12,22H,4-9,11H2,1H3. The van der Waals surface area contributed by atoms with E-state index in [0.29, 0.717) is 5.06 Å². The first-order valence-corrected chi connectivity index (χ1v) is 9.58. The van der Waals surface area contributed by atoms with Gasteiger partial charge in [0.1, 0.15) is 5.75 Å². The fourth-order valence-electron chi connectivity index (χ4n) is 2.52. The zero-order chi connectivity index (χ0) is 23.7. The molecule has 1 aromatic carbocycles. The number of esters is 1. The van der Waals surface area contributed by atoms with Crippen LogP contribution in [0, 0.1) is 10.1 Å². The summed E-state index contributed by atoms with van der Waals surface area (Å²) in [5.41, 5.74) is -0.271. The Morgan fingerprint density at radius 2 is 1.88 bits per heavy atom. The van der Waals surface area contributed by atoms with Crippen molar-refractivity contribution in [2.24, 2.45) is 0 Å². The van der Waals surface area contributed by atoms with Crippen LogP contribution in [0.1, 0.15) is 31.7 Å². The van der Waals surface area contributed by atoms with Crippen LogP contribution >= 0.6 is 0 Å². The van der Waals surface area contributed by atoms with Crippen LogP contribution in [0.5, 0.6) is 5.75 Å². The summed E-state index contributed by atoms with van der Waals surface area (Å²) in [5, 5.41) is 20.5. The SMILES string of the molecule is CC(OCCOCCC(=O)Oc1ccc(CO)c([N+](=O)[O-])c1)C(=O)ON1C(=O)CCC1=O.